The van der Waals surface area contributed by atoms with E-state index in [0.29, 0.717) is 25.5 Å². The van der Waals surface area contributed by atoms with Crippen LogP contribution in [0.2, 0.25) is 0 Å². The Hall–Kier alpha value is -2.18. The summed E-state index contributed by atoms with van der Waals surface area (Å²) >= 11 is 0. The van der Waals surface area contributed by atoms with E-state index < -0.39 is 6.10 Å². The monoisotopic (exact) mass is 299 g/mol. The van der Waals surface area contributed by atoms with Gasteiger partial charge in [0.25, 0.3) is 0 Å². The molecule has 0 amide bonds. The number of aliphatic hydroxyl groups is 1. The van der Waals surface area contributed by atoms with Crippen molar-refractivity contribution in [2.45, 2.75) is 12.6 Å². The van der Waals surface area contributed by atoms with Gasteiger partial charge in [-0.2, -0.15) is 0 Å². The lowest BCUT2D eigenvalue weighted by Crippen LogP contribution is -2.33. The molecule has 1 fully saturated rings. The van der Waals surface area contributed by atoms with Gasteiger partial charge in [0.1, 0.15) is 5.82 Å². The third-order valence-corrected chi connectivity index (χ3v) is 3.93. The second kappa shape index (κ2) is 6.72. The molecule has 6 nitrogen and oxygen atoms in total. The molecule has 3 heterocycles. The summed E-state index contributed by atoms with van der Waals surface area (Å²) in [6, 6.07) is 7.83. The maximum Gasteiger partial charge on any atom is 0.127 e. The Morgan fingerprint density at radius 2 is 1.95 bits per heavy atom. The van der Waals surface area contributed by atoms with E-state index in [0.717, 1.165) is 24.3 Å². The first-order valence-electron chi connectivity index (χ1n) is 7.47. The lowest BCUT2D eigenvalue weighted by atomic mass is 10.2. The number of hydrogen-bond donors (Lipinski definition) is 2. The van der Waals surface area contributed by atoms with Gasteiger partial charge in [0.15, 0.2) is 0 Å². The van der Waals surface area contributed by atoms with E-state index in [1.807, 2.05) is 24.3 Å². The van der Waals surface area contributed by atoms with Crippen LogP contribution in [-0.4, -0.2) is 52.3 Å². The third kappa shape index (κ3) is 3.52. The smallest absolute Gasteiger partial charge is 0.127 e. The number of rotatable bonds is 3. The Labute approximate surface area is 130 Å². The molecule has 0 bridgehead atoms. The molecule has 1 atom stereocenters. The van der Waals surface area contributed by atoms with E-state index in [1.54, 1.807) is 18.6 Å². The molecule has 0 unspecified atom stereocenters. The largest absolute Gasteiger partial charge is 0.390 e. The van der Waals surface area contributed by atoms with Crippen molar-refractivity contribution in [3.63, 3.8) is 0 Å². The Bertz CT molecular complexity index is 606. The van der Waals surface area contributed by atoms with Gasteiger partial charge < -0.3 is 15.7 Å². The van der Waals surface area contributed by atoms with Gasteiger partial charge >= 0.3 is 0 Å². The Kier molecular flexibility index (Phi) is 4.50. The molecule has 2 aromatic heterocycles. The minimum atomic E-state index is -0.395. The maximum absolute atomic E-state index is 10.3. The van der Waals surface area contributed by atoms with E-state index in [9.17, 15) is 5.11 Å². The van der Waals surface area contributed by atoms with Gasteiger partial charge in [-0.15, -0.1) is 0 Å². The molecule has 116 valence electrons. The van der Waals surface area contributed by atoms with E-state index in [-0.39, 0.29) is 0 Å². The summed E-state index contributed by atoms with van der Waals surface area (Å²) in [7, 11) is 0. The first-order valence-corrected chi connectivity index (χ1v) is 7.47. The van der Waals surface area contributed by atoms with Gasteiger partial charge in [-0.25, -0.2) is 4.98 Å². The van der Waals surface area contributed by atoms with Crippen LogP contribution in [-0.2, 0) is 6.54 Å². The van der Waals surface area contributed by atoms with Gasteiger partial charge in [-0.05, 0) is 18.2 Å². The summed E-state index contributed by atoms with van der Waals surface area (Å²) in [5.41, 5.74) is 8.01. The van der Waals surface area contributed by atoms with Gasteiger partial charge in [-0.1, -0.05) is 6.07 Å². The Balaban J connectivity index is 1.68. The molecule has 3 N–H and O–H groups in total. The molecule has 1 aliphatic rings. The van der Waals surface area contributed by atoms with Crippen molar-refractivity contribution in [1.29, 1.82) is 0 Å². The van der Waals surface area contributed by atoms with Crippen LogP contribution in [0.4, 0.5) is 11.5 Å². The average Bonchev–Trinajstić information content (AvgIpc) is 2.72. The Morgan fingerprint density at radius 3 is 2.73 bits per heavy atom. The van der Waals surface area contributed by atoms with Crippen LogP contribution in [0.15, 0.2) is 42.9 Å². The fourth-order valence-corrected chi connectivity index (χ4v) is 2.81. The van der Waals surface area contributed by atoms with Crippen LogP contribution in [0, 0.1) is 0 Å². The molecule has 0 spiro atoms. The molecule has 1 aliphatic heterocycles. The maximum atomic E-state index is 10.3. The highest BCUT2D eigenvalue weighted by Crippen LogP contribution is 2.17. The summed E-state index contributed by atoms with van der Waals surface area (Å²) in [6.07, 6.45) is 4.86. The van der Waals surface area contributed by atoms with E-state index in [2.05, 4.69) is 19.8 Å². The van der Waals surface area contributed by atoms with E-state index in [1.165, 1.54) is 0 Å². The summed E-state index contributed by atoms with van der Waals surface area (Å²) in [5, 5.41) is 10.3. The quantitative estimate of drug-likeness (QED) is 0.870. The summed E-state index contributed by atoms with van der Waals surface area (Å²) < 4.78 is 0. The first kappa shape index (κ1) is 14.7. The van der Waals surface area contributed by atoms with Gasteiger partial charge in [0.2, 0.25) is 0 Å². The van der Waals surface area contributed by atoms with Crippen molar-refractivity contribution in [3.05, 3.63) is 48.4 Å². The molecule has 3 rings (SSSR count). The highest BCUT2D eigenvalue weighted by molar-refractivity contribution is 5.45. The molecule has 1 saturated heterocycles. The Morgan fingerprint density at radius 1 is 1.14 bits per heavy atom. The number of aliphatic hydroxyl groups excluding tert-OH is 1. The minimum Gasteiger partial charge on any atom is -0.390 e. The van der Waals surface area contributed by atoms with E-state index >= 15 is 0 Å². The predicted octanol–water partition coefficient (Wildman–Crippen LogP) is 0.742. The number of pyridine rings is 2. The highest BCUT2D eigenvalue weighted by atomic mass is 16.3. The van der Waals surface area contributed by atoms with Gasteiger partial charge in [-0.3, -0.25) is 9.88 Å². The van der Waals surface area contributed by atoms with Crippen molar-refractivity contribution in [3.8, 4) is 0 Å². The fraction of sp³-hybridized carbons (Fsp3) is 0.375. The minimum absolute atomic E-state index is 0.395. The van der Waals surface area contributed by atoms with Crippen LogP contribution in [0.25, 0.3) is 0 Å². The molecule has 0 aliphatic carbocycles. The van der Waals surface area contributed by atoms with Crippen molar-refractivity contribution < 1.29 is 5.11 Å². The molecular formula is C16H21N5O. The zero-order valence-corrected chi connectivity index (χ0v) is 12.5. The molecule has 6 heteroatoms. The average molecular weight is 299 g/mol. The number of nitrogens with zero attached hydrogens (tertiary/aromatic N) is 4. The summed E-state index contributed by atoms with van der Waals surface area (Å²) in [5.74, 6) is 0.562. The first-order chi connectivity index (χ1) is 10.7. The standard InChI is InChI=1S/C16H21N5O/c17-16-13(2-1-5-19-16)10-20-8-9-21(12-15(22)11-20)14-3-6-18-7-4-14/h1-7,15,22H,8-12H2,(H2,17,19)/t15-/m0/s1. The molecular weight excluding hydrogens is 278 g/mol. The van der Waals surface area contributed by atoms with Gasteiger partial charge in [0, 0.05) is 62.6 Å². The van der Waals surface area contributed by atoms with Crippen molar-refractivity contribution in [1.82, 2.24) is 14.9 Å². The van der Waals surface area contributed by atoms with Crippen LogP contribution in [0.1, 0.15) is 5.56 Å². The van der Waals surface area contributed by atoms with Crippen LogP contribution in [0.5, 0.6) is 0 Å². The predicted molar refractivity (Wildman–Crippen MR) is 86.4 cm³/mol. The second-order valence-electron chi connectivity index (χ2n) is 5.59. The molecule has 0 radical (unpaired) electrons. The normalized spacial score (nSPS) is 19.9. The zero-order valence-electron chi connectivity index (χ0n) is 12.5. The number of nitrogens with two attached hydrogens (primary N) is 1. The zero-order chi connectivity index (χ0) is 15.4. The lowest BCUT2D eigenvalue weighted by molar-refractivity contribution is 0.129. The van der Waals surface area contributed by atoms with Gasteiger partial charge in [0.05, 0.1) is 6.10 Å². The molecule has 22 heavy (non-hydrogen) atoms. The highest BCUT2D eigenvalue weighted by Gasteiger charge is 2.22. The van der Waals surface area contributed by atoms with Crippen LogP contribution < -0.4 is 10.6 Å². The SMILES string of the molecule is Nc1ncccc1CN1CCN(c2ccncc2)C[C@@H](O)C1. The van der Waals surface area contributed by atoms with Crippen LogP contribution >= 0.6 is 0 Å². The fourth-order valence-electron chi connectivity index (χ4n) is 2.81. The van der Waals surface area contributed by atoms with Crippen molar-refractivity contribution >= 4 is 11.5 Å². The summed E-state index contributed by atoms with van der Waals surface area (Å²) in [6.45, 7) is 3.70. The van der Waals surface area contributed by atoms with Crippen molar-refractivity contribution in [2.75, 3.05) is 36.8 Å². The molecule has 2 aromatic rings. The molecule has 0 aromatic carbocycles. The summed E-state index contributed by atoms with van der Waals surface area (Å²) in [4.78, 5) is 12.6. The lowest BCUT2D eigenvalue weighted by Gasteiger charge is -2.23. The molecule has 0 saturated carbocycles. The number of aromatic nitrogens is 2. The van der Waals surface area contributed by atoms with E-state index in [4.69, 9.17) is 5.73 Å². The number of anilines is 2. The van der Waals surface area contributed by atoms with Crippen LogP contribution in [0.3, 0.4) is 0 Å². The number of nitrogen functional groups attached to an aromatic ring is 1. The number of hydrogen-bond acceptors (Lipinski definition) is 6. The number of β-amino-alcohol motifs (C(OH)–C–C–N with tert-alkyl or cyclic N) is 1. The third-order valence-electron chi connectivity index (χ3n) is 3.93. The van der Waals surface area contributed by atoms with Crippen molar-refractivity contribution in [2.24, 2.45) is 0 Å². The second-order valence-corrected chi connectivity index (χ2v) is 5.59. The topological polar surface area (TPSA) is 78.5 Å².